The highest BCUT2D eigenvalue weighted by Crippen LogP contribution is 2.35. The molecular formula is C24H21ClN6O5S. The quantitative estimate of drug-likeness (QED) is 0.350. The molecule has 0 radical (unpaired) electrons. The second-order valence-corrected chi connectivity index (χ2v) is 11.4. The number of sulfonamides is 1. The van der Waals surface area contributed by atoms with Crippen molar-refractivity contribution in [1.29, 1.82) is 0 Å². The summed E-state index contributed by atoms with van der Waals surface area (Å²) in [5.74, 6) is -0.545. The van der Waals surface area contributed by atoms with Gasteiger partial charge in [-0.3, -0.25) is 14.8 Å². The Kier molecular flexibility index (Phi) is 5.73. The lowest BCUT2D eigenvalue weighted by Crippen LogP contribution is -2.59. The Labute approximate surface area is 216 Å². The second-order valence-electron chi connectivity index (χ2n) is 9.04. The second kappa shape index (κ2) is 8.85. The van der Waals surface area contributed by atoms with Gasteiger partial charge in [0.25, 0.3) is 15.9 Å². The minimum Gasteiger partial charge on any atom is -0.388 e. The summed E-state index contributed by atoms with van der Waals surface area (Å²) in [6.07, 6.45) is 3.39. The molecular weight excluding hydrogens is 520 g/mol. The lowest BCUT2D eigenvalue weighted by Gasteiger charge is -2.40. The van der Waals surface area contributed by atoms with Crippen LogP contribution in [0.5, 0.6) is 0 Å². The predicted molar refractivity (Wildman–Crippen MR) is 133 cm³/mol. The SMILES string of the molecule is O=C(c1cnc(-c2ccncc2)cn1)N1C2CN(S(=O)(=O)c3cc4cc(Cl)ccc4[nH]3)CC1C(O)C2O. The third-order valence-corrected chi connectivity index (χ3v) is 8.88. The number of rotatable bonds is 4. The van der Waals surface area contributed by atoms with Crippen LogP contribution in [0.2, 0.25) is 5.02 Å². The number of nitrogens with one attached hydrogen (secondary N) is 1. The first kappa shape index (κ1) is 23.9. The van der Waals surface area contributed by atoms with Crippen LogP contribution in [-0.4, -0.2) is 91.1 Å². The summed E-state index contributed by atoms with van der Waals surface area (Å²) in [6.45, 7) is -0.386. The molecule has 2 fully saturated rings. The Bertz CT molecular complexity index is 1580. The summed E-state index contributed by atoms with van der Waals surface area (Å²) in [5, 5.41) is 22.5. The smallest absolute Gasteiger partial charge is 0.274 e. The number of carbonyl (C=O) groups is 1. The molecule has 4 aromatic rings. The zero-order valence-corrected chi connectivity index (χ0v) is 20.7. The summed E-state index contributed by atoms with van der Waals surface area (Å²) >= 11 is 6.03. The number of hydrogen-bond acceptors (Lipinski definition) is 8. The summed E-state index contributed by atoms with van der Waals surface area (Å²) in [4.78, 5) is 30.1. The summed E-state index contributed by atoms with van der Waals surface area (Å²) in [7, 11) is -4.02. The fraction of sp³-hybridized carbons (Fsp3) is 0.250. The molecule has 4 unspecified atom stereocenters. The van der Waals surface area contributed by atoms with Crippen molar-refractivity contribution < 1.29 is 23.4 Å². The standard InChI is InChI=1S/C24H21ClN6O5S/c25-15-1-2-16-14(7-15)8-21(29-16)37(35,36)30-11-19-22(32)23(33)20(12-30)31(19)24(34)18-10-27-17(9-28-18)13-3-5-26-6-4-13/h1-10,19-20,22-23,29,32-33H,11-12H2. The number of hydrogen-bond donors (Lipinski definition) is 3. The topological polar surface area (TPSA) is 153 Å². The van der Waals surface area contributed by atoms with Crippen LogP contribution in [0.1, 0.15) is 10.5 Å². The summed E-state index contributed by atoms with van der Waals surface area (Å²) < 4.78 is 28.1. The maximum absolute atomic E-state index is 13.5. The van der Waals surface area contributed by atoms with E-state index in [0.29, 0.717) is 21.6 Å². The zero-order chi connectivity index (χ0) is 25.9. The molecule has 5 heterocycles. The molecule has 1 amide bonds. The van der Waals surface area contributed by atoms with Crippen molar-refractivity contribution in [1.82, 2.24) is 29.1 Å². The lowest BCUT2D eigenvalue weighted by atomic mass is 10.1. The van der Waals surface area contributed by atoms with Crippen molar-refractivity contribution in [3.63, 3.8) is 0 Å². The molecule has 2 aliphatic rings. The molecule has 2 aliphatic heterocycles. The minimum absolute atomic E-state index is 0.0258. The predicted octanol–water partition coefficient (Wildman–Crippen LogP) is 1.29. The molecule has 2 saturated heterocycles. The Morgan fingerprint density at radius 1 is 1.00 bits per heavy atom. The van der Waals surface area contributed by atoms with Crippen molar-refractivity contribution in [2.45, 2.75) is 29.3 Å². The number of aliphatic hydroxyl groups excluding tert-OH is 2. The van der Waals surface area contributed by atoms with Gasteiger partial charge in [0.1, 0.15) is 22.9 Å². The number of amides is 1. The number of fused-ring (bicyclic) bond motifs is 3. The first-order valence-electron chi connectivity index (χ1n) is 11.4. The van der Waals surface area contributed by atoms with E-state index in [0.717, 1.165) is 5.56 Å². The van der Waals surface area contributed by atoms with E-state index in [1.165, 1.54) is 27.7 Å². The van der Waals surface area contributed by atoms with Crippen LogP contribution in [0.4, 0.5) is 0 Å². The fourth-order valence-corrected chi connectivity index (χ4v) is 6.68. The molecule has 3 aromatic heterocycles. The molecule has 0 aliphatic carbocycles. The number of benzene rings is 1. The number of piperazine rings is 1. The molecule has 6 rings (SSSR count). The molecule has 0 saturated carbocycles. The number of nitrogens with zero attached hydrogens (tertiary/aromatic N) is 5. The van der Waals surface area contributed by atoms with E-state index in [-0.39, 0.29) is 23.8 Å². The van der Waals surface area contributed by atoms with Gasteiger partial charge in [-0.1, -0.05) is 11.6 Å². The molecule has 13 heteroatoms. The van der Waals surface area contributed by atoms with Gasteiger partial charge in [-0.25, -0.2) is 13.4 Å². The molecule has 1 aromatic carbocycles. The van der Waals surface area contributed by atoms with E-state index in [2.05, 4.69) is 19.9 Å². The van der Waals surface area contributed by atoms with Crippen LogP contribution in [0.3, 0.4) is 0 Å². The average molecular weight is 541 g/mol. The number of aromatic amines is 1. The van der Waals surface area contributed by atoms with Crippen LogP contribution >= 0.6 is 11.6 Å². The van der Waals surface area contributed by atoms with Crippen molar-refractivity contribution in [3.05, 3.63) is 71.9 Å². The fourth-order valence-electron chi connectivity index (χ4n) is 5.01. The lowest BCUT2D eigenvalue weighted by molar-refractivity contribution is 0.0352. The van der Waals surface area contributed by atoms with Gasteiger partial charge in [0.2, 0.25) is 0 Å². The van der Waals surface area contributed by atoms with Gasteiger partial charge in [0.05, 0.1) is 30.2 Å². The third kappa shape index (κ3) is 3.97. The number of aromatic nitrogens is 4. The van der Waals surface area contributed by atoms with Crippen molar-refractivity contribution in [2.24, 2.45) is 0 Å². The number of pyridine rings is 1. The highest BCUT2D eigenvalue weighted by Gasteiger charge is 2.56. The molecule has 4 atom stereocenters. The number of aliphatic hydroxyl groups is 2. The molecule has 2 bridgehead atoms. The summed E-state index contributed by atoms with van der Waals surface area (Å²) in [5.41, 5.74) is 1.97. The zero-order valence-electron chi connectivity index (χ0n) is 19.1. The van der Waals surface area contributed by atoms with Crippen LogP contribution in [0.15, 0.2) is 66.2 Å². The van der Waals surface area contributed by atoms with Gasteiger partial charge >= 0.3 is 0 Å². The maximum Gasteiger partial charge on any atom is 0.274 e. The van der Waals surface area contributed by atoms with E-state index in [1.54, 1.807) is 42.7 Å². The van der Waals surface area contributed by atoms with Gasteiger partial charge < -0.3 is 20.1 Å². The normalized spacial score (nSPS) is 24.0. The summed E-state index contributed by atoms with van der Waals surface area (Å²) in [6, 6.07) is 8.09. The van der Waals surface area contributed by atoms with Crippen molar-refractivity contribution in [2.75, 3.05) is 13.1 Å². The third-order valence-electron chi connectivity index (χ3n) is 6.89. The Morgan fingerprint density at radius 2 is 1.70 bits per heavy atom. The van der Waals surface area contributed by atoms with Crippen molar-refractivity contribution in [3.8, 4) is 11.3 Å². The molecule has 190 valence electrons. The molecule has 37 heavy (non-hydrogen) atoms. The van der Waals surface area contributed by atoms with Gasteiger partial charge in [-0.15, -0.1) is 0 Å². The van der Waals surface area contributed by atoms with Gasteiger partial charge in [0.15, 0.2) is 0 Å². The molecule has 3 N–H and O–H groups in total. The van der Waals surface area contributed by atoms with E-state index in [9.17, 15) is 23.4 Å². The minimum atomic E-state index is -4.02. The Hall–Kier alpha value is -3.42. The number of carbonyl (C=O) groups excluding carboxylic acids is 1. The molecule has 0 spiro atoms. The van der Waals surface area contributed by atoms with Gasteiger partial charge in [-0.05, 0) is 36.4 Å². The monoisotopic (exact) mass is 540 g/mol. The van der Waals surface area contributed by atoms with Crippen LogP contribution < -0.4 is 0 Å². The Morgan fingerprint density at radius 3 is 2.35 bits per heavy atom. The highest BCUT2D eigenvalue weighted by molar-refractivity contribution is 7.89. The van der Waals surface area contributed by atoms with E-state index in [1.807, 2.05) is 0 Å². The first-order chi connectivity index (χ1) is 17.7. The van der Waals surface area contributed by atoms with Crippen LogP contribution in [-0.2, 0) is 10.0 Å². The van der Waals surface area contributed by atoms with E-state index in [4.69, 9.17) is 11.6 Å². The van der Waals surface area contributed by atoms with Crippen LogP contribution in [0.25, 0.3) is 22.2 Å². The Balaban J connectivity index is 1.27. The van der Waals surface area contributed by atoms with E-state index < -0.39 is 40.2 Å². The molecule has 11 nitrogen and oxygen atoms in total. The van der Waals surface area contributed by atoms with Crippen molar-refractivity contribution >= 4 is 38.4 Å². The van der Waals surface area contributed by atoms with Crippen LogP contribution in [0, 0.1) is 0 Å². The van der Waals surface area contributed by atoms with Gasteiger partial charge in [0, 0.05) is 47.0 Å². The average Bonchev–Trinajstić information content (AvgIpc) is 3.41. The first-order valence-corrected chi connectivity index (χ1v) is 13.3. The number of halogens is 1. The van der Waals surface area contributed by atoms with E-state index >= 15 is 0 Å². The largest absolute Gasteiger partial charge is 0.388 e. The van der Waals surface area contributed by atoms with Gasteiger partial charge in [-0.2, -0.15) is 4.31 Å². The highest BCUT2D eigenvalue weighted by atomic mass is 35.5. The number of H-pyrrole nitrogens is 1. The maximum atomic E-state index is 13.5.